The van der Waals surface area contributed by atoms with Crippen molar-refractivity contribution in [3.8, 4) is 11.3 Å². The van der Waals surface area contributed by atoms with Crippen LogP contribution in [0.15, 0.2) is 30.3 Å². The van der Waals surface area contributed by atoms with E-state index in [2.05, 4.69) is 10.2 Å². The number of rotatable bonds is 2. The van der Waals surface area contributed by atoms with Crippen molar-refractivity contribution in [2.24, 2.45) is 0 Å². The lowest BCUT2D eigenvalue weighted by atomic mass is 9.81. The van der Waals surface area contributed by atoms with Crippen LogP contribution in [-0.4, -0.2) is 37.7 Å². The van der Waals surface area contributed by atoms with Crippen LogP contribution in [0.25, 0.3) is 11.3 Å². The van der Waals surface area contributed by atoms with E-state index in [4.69, 9.17) is 0 Å². The van der Waals surface area contributed by atoms with E-state index in [1.165, 1.54) is 18.2 Å². The Morgan fingerprint density at radius 2 is 1.96 bits per heavy atom. The van der Waals surface area contributed by atoms with Gasteiger partial charge in [-0.25, -0.2) is 0 Å². The summed E-state index contributed by atoms with van der Waals surface area (Å²) in [6, 6.07) is 6.16. The molecule has 1 aliphatic carbocycles. The molecule has 3 N–H and O–H groups in total. The highest BCUT2D eigenvalue weighted by Gasteiger charge is 2.38. The van der Waals surface area contributed by atoms with Gasteiger partial charge in [0.2, 0.25) is 0 Å². The highest BCUT2D eigenvalue weighted by atomic mass is 19.4. The zero-order valence-electron chi connectivity index (χ0n) is 12.5. The minimum atomic E-state index is -4.46. The smallest absolute Gasteiger partial charge is 0.393 e. The van der Waals surface area contributed by atoms with Gasteiger partial charge in [-0.2, -0.15) is 23.4 Å². The first-order valence-corrected chi connectivity index (χ1v) is 7.27. The molecule has 24 heavy (non-hydrogen) atoms. The summed E-state index contributed by atoms with van der Waals surface area (Å²) in [5.41, 5.74) is -1.12. The molecule has 0 bridgehead atoms. The first-order valence-electron chi connectivity index (χ1n) is 7.27. The molecule has 1 heterocycles. The number of alkyl halides is 3. The number of halogens is 3. The van der Waals surface area contributed by atoms with Crippen molar-refractivity contribution in [1.29, 1.82) is 0 Å². The van der Waals surface area contributed by atoms with Gasteiger partial charge in [0.1, 0.15) is 0 Å². The van der Waals surface area contributed by atoms with Crippen LogP contribution in [0.5, 0.6) is 0 Å². The normalized spacial score (nSPS) is 23.8. The van der Waals surface area contributed by atoms with E-state index in [9.17, 15) is 28.5 Å². The monoisotopic (exact) mass is 340 g/mol. The van der Waals surface area contributed by atoms with E-state index in [0.29, 0.717) is 11.3 Å². The fourth-order valence-corrected chi connectivity index (χ4v) is 2.83. The zero-order chi connectivity index (χ0) is 17.5. The molecule has 1 aliphatic rings. The molecule has 2 atom stereocenters. The third-order valence-electron chi connectivity index (χ3n) is 4.11. The third-order valence-corrected chi connectivity index (χ3v) is 4.11. The minimum Gasteiger partial charge on any atom is -0.393 e. The van der Waals surface area contributed by atoms with Gasteiger partial charge >= 0.3 is 6.18 Å². The van der Waals surface area contributed by atoms with Gasteiger partial charge in [0.05, 0.1) is 35.3 Å². The van der Waals surface area contributed by atoms with Crippen molar-refractivity contribution in [2.45, 2.75) is 30.7 Å². The van der Waals surface area contributed by atoms with E-state index >= 15 is 0 Å². The van der Waals surface area contributed by atoms with Crippen LogP contribution in [0.2, 0.25) is 0 Å². The highest BCUT2D eigenvalue weighted by Crippen LogP contribution is 2.36. The van der Waals surface area contributed by atoms with E-state index in [1.54, 1.807) is 0 Å². The molecule has 0 aliphatic heterocycles. The molecular formula is C16H15F3N2O3. The summed E-state index contributed by atoms with van der Waals surface area (Å²) in [5, 5.41) is 37.3. The molecule has 0 saturated heterocycles. The molecule has 1 aromatic heterocycles. The topological polar surface area (TPSA) is 86.5 Å². The van der Waals surface area contributed by atoms with Gasteiger partial charge in [-0.1, -0.05) is 12.1 Å². The molecule has 1 aromatic carbocycles. The Labute approximate surface area is 135 Å². The third kappa shape index (κ3) is 3.12. The lowest BCUT2D eigenvalue weighted by Crippen LogP contribution is -2.41. The molecule has 128 valence electrons. The van der Waals surface area contributed by atoms with Crippen molar-refractivity contribution in [3.63, 3.8) is 0 Å². The Hall–Kier alpha value is -2.03. The van der Waals surface area contributed by atoms with Crippen LogP contribution in [0, 0.1) is 0 Å². The molecule has 0 fully saturated rings. The van der Waals surface area contributed by atoms with Crippen LogP contribution >= 0.6 is 0 Å². The summed E-state index contributed by atoms with van der Waals surface area (Å²) in [7, 11) is 0. The summed E-state index contributed by atoms with van der Waals surface area (Å²) in [6.07, 6.45) is -5.60. The van der Waals surface area contributed by atoms with Crippen molar-refractivity contribution < 1.29 is 28.5 Å². The molecule has 8 heteroatoms. The average molecular weight is 340 g/mol. The Morgan fingerprint density at radius 3 is 2.62 bits per heavy atom. The van der Waals surface area contributed by atoms with Crippen molar-refractivity contribution in [1.82, 2.24) is 10.2 Å². The van der Waals surface area contributed by atoms with Gasteiger partial charge in [0.15, 0.2) is 0 Å². The predicted octanol–water partition coefficient (Wildman–Crippen LogP) is 1.87. The molecule has 0 radical (unpaired) electrons. The number of nitrogens with zero attached hydrogens (tertiary/aromatic N) is 2. The van der Waals surface area contributed by atoms with E-state index in [1.807, 2.05) is 0 Å². The predicted molar refractivity (Wildman–Crippen MR) is 77.8 cm³/mol. The second-order valence-electron chi connectivity index (χ2n) is 5.99. The Kier molecular flexibility index (Phi) is 4.06. The van der Waals surface area contributed by atoms with Gasteiger partial charge < -0.3 is 15.3 Å². The Morgan fingerprint density at radius 1 is 1.21 bits per heavy atom. The molecule has 0 saturated carbocycles. The maximum absolute atomic E-state index is 12.8. The van der Waals surface area contributed by atoms with Crippen LogP contribution < -0.4 is 0 Å². The number of aliphatic hydroxyl groups is 3. The maximum Gasteiger partial charge on any atom is 0.416 e. The van der Waals surface area contributed by atoms with Gasteiger partial charge in [-0.3, -0.25) is 0 Å². The van der Waals surface area contributed by atoms with Gasteiger partial charge in [0.25, 0.3) is 0 Å². The maximum atomic E-state index is 12.8. The van der Waals surface area contributed by atoms with Gasteiger partial charge in [-0.05, 0) is 18.2 Å². The summed E-state index contributed by atoms with van der Waals surface area (Å²) < 4.78 is 38.4. The zero-order valence-corrected chi connectivity index (χ0v) is 12.5. The summed E-state index contributed by atoms with van der Waals surface area (Å²) in [6.45, 7) is -0.527. The molecule has 0 amide bonds. The van der Waals surface area contributed by atoms with Gasteiger partial charge in [0, 0.05) is 24.0 Å². The van der Waals surface area contributed by atoms with Crippen molar-refractivity contribution in [3.05, 3.63) is 47.2 Å². The largest absolute Gasteiger partial charge is 0.416 e. The second kappa shape index (κ2) is 5.80. The Bertz CT molecular complexity index is 766. The number of benzene rings is 1. The summed E-state index contributed by atoms with van der Waals surface area (Å²) in [4.78, 5) is 0. The summed E-state index contributed by atoms with van der Waals surface area (Å²) >= 11 is 0. The molecule has 5 nitrogen and oxygen atoms in total. The van der Waals surface area contributed by atoms with E-state index < -0.39 is 30.1 Å². The summed E-state index contributed by atoms with van der Waals surface area (Å²) in [5.74, 6) is 0. The number of aliphatic hydroxyl groups excluding tert-OH is 2. The van der Waals surface area contributed by atoms with E-state index in [-0.39, 0.29) is 24.1 Å². The number of fused-ring (bicyclic) bond motifs is 1. The molecule has 2 unspecified atom stereocenters. The Balaban J connectivity index is 2.00. The van der Waals surface area contributed by atoms with Gasteiger partial charge in [-0.15, -0.1) is 0 Å². The molecule has 0 spiro atoms. The lowest BCUT2D eigenvalue weighted by molar-refractivity contribution is -0.137. The molecular weight excluding hydrogens is 325 g/mol. The fourth-order valence-electron chi connectivity index (χ4n) is 2.83. The van der Waals surface area contributed by atoms with Crippen molar-refractivity contribution >= 4 is 0 Å². The number of hydrogen-bond acceptors (Lipinski definition) is 5. The first-order chi connectivity index (χ1) is 11.2. The first kappa shape index (κ1) is 16.8. The SMILES string of the molecule is OCC1(O)Cc2nnc(-c3cccc(C(F)(F)F)c3)cc2C(O)C1. The fraction of sp³-hybridized carbons (Fsp3) is 0.375. The van der Waals surface area contributed by atoms with Crippen LogP contribution in [-0.2, 0) is 12.6 Å². The quantitative estimate of drug-likeness (QED) is 0.777. The number of aromatic nitrogens is 2. The highest BCUT2D eigenvalue weighted by molar-refractivity contribution is 5.61. The minimum absolute atomic E-state index is 0.0196. The van der Waals surface area contributed by atoms with Crippen LogP contribution in [0.3, 0.4) is 0 Å². The van der Waals surface area contributed by atoms with E-state index in [0.717, 1.165) is 12.1 Å². The average Bonchev–Trinajstić information content (AvgIpc) is 2.54. The molecule has 3 rings (SSSR count). The number of hydrogen-bond donors (Lipinski definition) is 3. The van der Waals surface area contributed by atoms with Crippen molar-refractivity contribution in [2.75, 3.05) is 6.61 Å². The lowest BCUT2D eigenvalue weighted by Gasteiger charge is -2.33. The standard InChI is InChI=1S/C16H15F3N2O3/c17-16(18,19)10-3-1-2-9(4-10)12-5-11-13(21-20-12)6-15(24,8-22)7-14(11)23/h1-5,14,22-24H,6-8H2. The van der Waals surface area contributed by atoms with Crippen LogP contribution in [0.1, 0.15) is 29.3 Å². The van der Waals surface area contributed by atoms with Crippen LogP contribution in [0.4, 0.5) is 13.2 Å². The molecule has 2 aromatic rings. The second-order valence-corrected chi connectivity index (χ2v) is 5.99.